The van der Waals surface area contributed by atoms with Gasteiger partial charge in [0.25, 0.3) is 0 Å². The second-order valence-corrected chi connectivity index (χ2v) is 5.54. The number of rotatable bonds is 0. The molecule has 0 bridgehead atoms. The van der Waals surface area contributed by atoms with Gasteiger partial charge in [-0.05, 0) is 56.1 Å². The van der Waals surface area contributed by atoms with Crippen molar-refractivity contribution in [2.75, 3.05) is 13.6 Å². The van der Waals surface area contributed by atoms with E-state index in [0.717, 1.165) is 6.42 Å². The van der Waals surface area contributed by atoms with Gasteiger partial charge in [0.05, 0.1) is 0 Å². The summed E-state index contributed by atoms with van der Waals surface area (Å²) in [6, 6.07) is 6.56. The fraction of sp³-hybridized carbons (Fsp3) is 0.571. The van der Waals surface area contributed by atoms with Gasteiger partial charge in [0, 0.05) is 11.5 Å². The van der Waals surface area contributed by atoms with Crippen molar-refractivity contribution in [3.05, 3.63) is 29.3 Å². The van der Waals surface area contributed by atoms with E-state index < -0.39 is 0 Å². The van der Waals surface area contributed by atoms with Gasteiger partial charge in [0.15, 0.2) is 0 Å². The van der Waals surface area contributed by atoms with Gasteiger partial charge < -0.3 is 10.0 Å². The van der Waals surface area contributed by atoms with Crippen molar-refractivity contribution >= 4 is 0 Å². The summed E-state index contributed by atoms with van der Waals surface area (Å²) in [6.07, 6.45) is 3.62. The van der Waals surface area contributed by atoms with Crippen LogP contribution in [0.4, 0.5) is 0 Å². The number of phenolic OH excluding ortho intramolecular Hbond substituents is 1. The lowest BCUT2D eigenvalue weighted by molar-refractivity contribution is 0.228. The van der Waals surface area contributed by atoms with E-state index in [-0.39, 0.29) is 5.41 Å². The van der Waals surface area contributed by atoms with E-state index in [1.165, 1.54) is 30.5 Å². The Bertz CT molecular complexity index is 429. The molecule has 2 heteroatoms. The molecule has 2 aliphatic rings. The molecule has 1 saturated heterocycles. The number of fused-ring (bicyclic) bond motifs is 3. The number of phenols is 1. The van der Waals surface area contributed by atoms with Gasteiger partial charge in [0.2, 0.25) is 0 Å². The number of hydrogen-bond donors (Lipinski definition) is 1. The first-order valence-corrected chi connectivity index (χ1v) is 6.14. The Morgan fingerprint density at radius 3 is 3.06 bits per heavy atom. The zero-order chi connectivity index (χ0) is 11.3. The molecule has 0 amide bonds. The SMILES string of the molecule is CN1CC[C@@]2(C)c3cc(O)ccc3CC[C@@H]12. The first kappa shape index (κ1) is 10.2. The van der Waals surface area contributed by atoms with E-state index in [4.69, 9.17) is 0 Å². The molecule has 2 nitrogen and oxygen atoms in total. The second kappa shape index (κ2) is 3.24. The second-order valence-electron chi connectivity index (χ2n) is 5.54. The Kier molecular flexibility index (Phi) is 2.05. The van der Waals surface area contributed by atoms with Crippen molar-refractivity contribution in [1.82, 2.24) is 4.90 Å². The minimum absolute atomic E-state index is 0.251. The topological polar surface area (TPSA) is 23.5 Å². The van der Waals surface area contributed by atoms with Crippen molar-refractivity contribution in [3.8, 4) is 5.75 Å². The fourth-order valence-electron chi connectivity index (χ4n) is 3.68. The summed E-state index contributed by atoms with van der Waals surface area (Å²) in [5.41, 5.74) is 3.07. The van der Waals surface area contributed by atoms with Crippen LogP contribution in [0.15, 0.2) is 18.2 Å². The maximum absolute atomic E-state index is 9.67. The summed E-state index contributed by atoms with van der Waals surface area (Å²) in [4.78, 5) is 2.48. The van der Waals surface area contributed by atoms with Crippen molar-refractivity contribution in [1.29, 1.82) is 0 Å². The number of aryl methyl sites for hydroxylation is 1. The molecule has 0 radical (unpaired) electrons. The fourth-order valence-corrected chi connectivity index (χ4v) is 3.68. The monoisotopic (exact) mass is 217 g/mol. The molecule has 0 saturated carbocycles. The molecule has 1 N–H and O–H groups in total. The largest absolute Gasteiger partial charge is 0.508 e. The third-order valence-electron chi connectivity index (χ3n) is 4.65. The van der Waals surface area contributed by atoms with Crippen molar-refractivity contribution in [3.63, 3.8) is 0 Å². The number of likely N-dealkylation sites (tertiary alicyclic amines) is 1. The van der Waals surface area contributed by atoms with Gasteiger partial charge in [-0.3, -0.25) is 0 Å². The third kappa shape index (κ3) is 1.23. The Morgan fingerprint density at radius 2 is 2.25 bits per heavy atom. The molecule has 0 aromatic heterocycles. The summed E-state index contributed by atoms with van der Waals surface area (Å²) in [5.74, 6) is 0.412. The molecule has 1 fully saturated rings. The molecule has 0 spiro atoms. The van der Waals surface area contributed by atoms with E-state index in [2.05, 4.69) is 24.9 Å². The average molecular weight is 217 g/mol. The van der Waals surface area contributed by atoms with Gasteiger partial charge in [0.1, 0.15) is 5.75 Å². The minimum atomic E-state index is 0.251. The average Bonchev–Trinajstić information content (AvgIpc) is 2.56. The van der Waals surface area contributed by atoms with Gasteiger partial charge in [-0.1, -0.05) is 13.0 Å². The number of benzene rings is 1. The Hall–Kier alpha value is -1.02. The zero-order valence-electron chi connectivity index (χ0n) is 10.0. The molecule has 86 valence electrons. The van der Waals surface area contributed by atoms with Crippen LogP contribution in [0.1, 0.15) is 30.9 Å². The molecule has 1 aliphatic heterocycles. The molecular weight excluding hydrogens is 198 g/mol. The van der Waals surface area contributed by atoms with Crippen molar-refractivity contribution in [2.45, 2.75) is 37.6 Å². The molecular formula is C14H19NO. The lowest BCUT2D eigenvalue weighted by atomic mass is 9.68. The van der Waals surface area contributed by atoms with Crippen LogP contribution in [0.3, 0.4) is 0 Å². The summed E-state index contributed by atoms with van der Waals surface area (Å²) < 4.78 is 0. The highest BCUT2D eigenvalue weighted by Crippen LogP contribution is 2.46. The number of likely N-dealkylation sites (N-methyl/N-ethyl adjacent to an activating group) is 1. The minimum Gasteiger partial charge on any atom is -0.508 e. The molecule has 1 aliphatic carbocycles. The maximum Gasteiger partial charge on any atom is 0.115 e. The number of aromatic hydroxyl groups is 1. The summed E-state index contributed by atoms with van der Waals surface area (Å²) >= 11 is 0. The summed E-state index contributed by atoms with van der Waals surface area (Å²) in [5, 5.41) is 9.67. The number of hydrogen-bond acceptors (Lipinski definition) is 2. The van der Waals surface area contributed by atoms with Gasteiger partial charge in [-0.25, -0.2) is 0 Å². The van der Waals surface area contributed by atoms with Gasteiger partial charge in [-0.15, -0.1) is 0 Å². The predicted octanol–water partition coefficient (Wildman–Crippen LogP) is 2.30. The highest BCUT2D eigenvalue weighted by Gasteiger charge is 2.46. The van der Waals surface area contributed by atoms with Crippen LogP contribution in [0.2, 0.25) is 0 Å². The molecule has 1 aromatic carbocycles. The predicted molar refractivity (Wildman–Crippen MR) is 64.8 cm³/mol. The molecule has 0 unspecified atom stereocenters. The van der Waals surface area contributed by atoms with E-state index in [1.54, 1.807) is 0 Å². The first-order chi connectivity index (χ1) is 7.61. The maximum atomic E-state index is 9.67. The lowest BCUT2D eigenvalue weighted by Crippen LogP contribution is -2.42. The first-order valence-electron chi connectivity index (χ1n) is 6.14. The summed E-state index contributed by atoms with van der Waals surface area (Å²) in [6.45, 7) is 3.54. The highest BCUT2D eigenvalue weighted by atomic mass is 16.3. The molecule has 1 aromatic rings. The normalized spacial score (nSPS) is 33.5. The smallest absolute Gasteiger partial charge is 0.115 e. The Labute approximate surface area is 96.9 Å². The quantitative estimate of drug-likeness (QED) is 0.721. The zero-order valence-corrected chi connectivity index (χ0v) is 10.0. The highest BCUT2D eigenvalue weighted by molar-refractivity contribution is 5.44. The van der Waals surface area contributed by atoms with Crippen molar-refractivity contribution in [2.24, 2.45) is 0 Å². The van der Waals surface area contributed by atoms with Gasteiger partial charge in [-0.2, -0.15) is 0 Å². The van der Waals surface area contributed by atoms with E-state index in [9.17, 15) is 5.11 Å². The Balaban J connectivity index is 2.14. The number of nitrogens with zero attached hydrogens (tertiary/aromatic N) is 1. The summed E-state index contributed by atoms with van der Waals surface area (Å²) in [7, 11) is 2.23. The van der Waals surface area contributed by atoms with E-state index >= 15 is 0 Å². The van der Waals surface area contributed by atoms with Crippen LogP contribution < -0.4 is 0 Å². The molecule has 16 heavy (non-hydrogen) atoms. The molecule has 1 heterocycles. The van der Waals surface area contributed by atoms with Crippen LogP contribution in [0.5, 0.6) is 5.75 Å². The molecule has 3 rings (SSSR count). The van der Waals surface area contributed by atoms with Crippen molar-refractivity contribution < 1.29 is 5.11 Å². The van der Waals surface area contributed by atoms with E-state index in [1.807, 2.05) is 12.1 Å². The van der Waals surface area contributed by atoms with Crippen LogP contribution >= 0.6 is 0 Å². The van der Waals surface area contributed by atoms with Crippen LogP contribution in [0, 0.1) is 0 Å². The third-order valence-corrected chi connectivity index (χ3v) is 4.65. The van der Waals surface area contributed by atoms with Crippen LogP contribution in [-0.2, 0) is 11.8 Å². The molecule has 2 atom stereocenters. The van der Waals surface area contributed by atoms with Crippen LogP contribution in [-0.4, -0.2) is 29.6 Å². The van der Waals surface area contributed by atoms with Gasteiger partial charge >= 0.3 is 0 Å². The van der Waals surface area contributed by atoms with E-state index in [0.29, 0.717) is 11.8 Å². The Morgan fingerprint density at radius 1 is 1.44 bits per heavy atom. The lowest BCUT2D eigenvalue weighted by Gasteiger charge is -2.40. The van der Waals surface area contributed by atoms with Crippen LogP contribution in [0.25, 0.3) is 0 Å². The standard InChI is InChI=1S/C14H19NO/c1-14-7-8-15(2)13(14)6-4-10-3-5-11(16)9-12(10)14/h3,5,9,13,16H,4,6-8H2,1-2H3/t13-,14+/m1/s1.